The summed E-state index contributed by atoms with van der Waals surface area (Å²) in [5, 5.41) is 12.0. The molecule has 1 heterocycles. The number of anilines is 1. The van der Waals surface area contributed by atoms with Crippen molar-refractivity contribution < 1.29 is 9.90 Å². The molecule has 0 saturated heterocycles. The van der Waals surface area contributed by atoms with Crippen LogP contribution in [0.1, 0.15) is 16.1 Å². The fourth-order valence-electron chi connectivity index (χ4n) is 1.46. The fourth-order valence-corrected chi connectivity index (χ4v) is 1.46. The van der Waals surface area contributed by atoms with Gasteiger partial charge in [-0.2, -0.15) is 0 Å². The topological polar surface area (TPSA) is 62.2 Å². The lowest BCUT2D eigenvalue weighted by Gasteiger charge is -2.05. The molecule has 4 heteroatoms. The van der Waals surface area contributed by atoms with Gasteiger partial charge in [-0.05, 0) is 24.3 Å². The SMILES string of the molecule is O=C(O)c1ccnc(CNc2ccccc2)c1. The van der Waals surface area contributed by atoms with Crippen LogP contribution in [0.25, 0.3) is 0 Å². The van der Waals surface area contributed by atoms with Gasteiger partial charge in [-0.1, -0.05) is 18.2 Å². The molecule has 1 aromatic carbocycles. The Labute approximate surface area is 98.9 Å². The van der Waals surface area contributed by atoms with E-state index in [2.05, 4.69) is 10.3 Å². The van der Waals surface area contributed by atoms with Crippen molar-refractivity contribution in [3.63, 3.8) is 0 Å². The largest absolute Gasteiger partial charge is 0.478 e. The summed E-state index contributed by atoms with van der Waals surface area (Å²) in [5.41, 5.74) is 1.94. The summed E-state index contributed by atoms with van der Waals surface area (Å²) in [6.07, 6.45) is 1.51. The zero-order valence-corrected chi connectivity index (χ0v) is 9.13. The van der Waals surface area contributed by atoms with Crippen molar-refractivity contribution >= 4 is 11.7 Å². The van der Waals surface area contributed by atoms with Gasteiger partial charge in [0, 0.05) is 11.9 Å². The van der Waals surface area contributed by atoms with E-state index in [1.54, 1.807) is 6.07 Å². The molecule has 1 aromatic heterocycles. The van der Waals surface area contributed by atoms with E-state index in [0.29, 0.717) is 12.2 Å². The minimum absolute atomic E-state index is 0.255. The normalized spacial score (nSPS) is 9.88. The molecule has 86 valence electrons. The highest BCUT2D eigenvalue weighted by molar-refractivity contribution is 5.87. The van der Waals surface area contributed by atoms with Gasteiger partial charge in [0.05, 0.1) is 17.8 Å². The zero-order chi connectivity index (χ0) is 12.1. The minimum Gasteiger partial charge on any atom is -0.478 e. The number of carbonyl (C=O) groups is 1. The average molecular weight is 228 g/mol. The molecular formula is C13H12N2O2. The second kappa shape index (κ2) is 5.12. The van der Waals surface area contributed by atoms with Gasteiger partial charge >= 0.3 is 5.97 Å². The van der Waals surface area contributed by atoms with Gasteiger partial charge in [0.25, 0.3) is 0 Å². The lowest BCUT2D eigenvalue weighted by atomic mass is 10.2. The number of aromatic nitrogens is 1. The van der Waals surface area contributed by atoms with Crippen LogP contribution >= 0.6 is 0 Å². The molecule has 0 amide bonds. The van der Waals surface area contributed by atoms with E-state index in [4.69, 9.17) is 5.11 Å². The van der Waals surface area contributed by atoms with Crippen LogP contribution in [0.5, 0.6) is 0 Å². The maximum atomic E-state index is 10.8. The van der Waals surface area contributed by atoms with E-state index in [1.807, 2.05) is 30.3 Å². The van der Waals surface area contributed by atoms with E-state index in [9.17, 15) is 4.79 Å². The van der Waals surface area contributed by atoms with E-state index in [1.165, 1.54) is 12.3 Å². The number of carboxylic acid groups (broad SMARTS) is 1. The average Bonchev–Trinajstić information content (AvgIpc) is 2.38. The first-order chi connectivity index (χ1) is 8.25. The van der Waals surface area contributed by atoms with Crippen LogP contribution in [0.3, 0.4) is 0 Å². The minimum atomic E-state index is -0.937. The fraction of sp³-hybridized carbons (Fsp3) is 0.0769. The number of nitrogens with one attached hydrogen (secondary N) is 1. The Kier molecular flexibility index (Phi) is 3.35. The number of pyridine rings is 1. The molecule has 0 fully saturated rings. The lowest BCUT2D eigenvalue weighted by molar-refractivity contribution is 0.0696. The molecule has 0 bridgehead atoms. The maximum absolute atomic E-state index is 10.8. The number of hydrogen-bond acceptors (Lipinski definition) is 3. The Bertz CT molecular complexity index is 512. The van der Waals surface area contributed by atoms with Crippen molar-refractivity contribution in [3.05, 3.63) is 59.9 Å². The summed E-state index contributed by atoms with van der Waals surface area (Å²) in [6, 6.07) is 12.7. The smallest absolute Gasteiger partial charge is 0.335 e. The molecule has 0 saturated carbocycles. The molecule has 0 spiro atoms. The summed E-state index contributed by atoms with van der Waals surface area (Å²) in [5.74, 6) is -0.937. The van der Waals surface area contributed by atoms with Crippen LogP contribution in [-0.2, 0) is 6.54 Å². The van der Waals surface area contributed by atoms with E-state index >= 15 is 0 Å². The number of hydrogen-bond donors (Lipinski definition) is 2. The highest BCUT2D eigenvalue weighted by Gasteiger charge is 2.03. The first-order valence-electron chi connectivity index (χ1n) is 5.23. The Hall–Kier alpha value is -2.36. The summed E-state index contributed by atoms with van der Waals surface area (Å²) >= 11 is 0. The third-order valence-corrected chi connectivity index (χ3v) is 2.31. The molecule has 0 aliphatic carbocycles. The summed E-state index contributed by atoms with van der Waals surface area (Å²) in [6.45, 7) is 0.505. The first kappa shape index (κ1) is 11.1. The maximum Gasteiger partial charge on any atom is 0.335 e. The zero-order valence-electron chi connectivity index (χ0n) is 9.13. The highest BCUT2D eigenvalue weighted by Crippen LogP contribution is 2.08. The van der Waals surface area contributed by atoms with Gasteiger partial charge in [-0.3, -0.25) is 4.98 Å². The van der Waals surface area contributed by atoms with Crippen LogP contribution < -0.4 is 5.32 Å². The molecule has 4 nitrogen and oxygen atoms in total. The summed E-state index contributed by atoms with van der Waals surface area (Å²) in [7, 11) is 0. The molecule has 0 aliphatic rings. The van der Waals surface area contributed by atoms with Crippen molar-refractivity contribution in [2.45, 2.75) is 6.54 Å². The third kappa shape index (κ3) is 3.04. The molecule has 2 rings (SSSR count). The van der Waals surface area contributed by atoms with Crippen molar-refractivity contribution in [3.8, 4) is 0 Å². The van der Waals surface area contributed by atoms with E-state index < -0.39 is 5.97 Å². The van der Waals surface area contributed by atoms with Gasteiger partial charge in [0.1, 0.15) is 0 Å². The molecule has 17 heavy (non-hydrogen) atoms. The first-order valence-corrected chi connectivity index (χ1v) is 5.23. The number of nitrogens with zero attached hydrogens (tertiary/aromatic N) is 1. The molecule has 2 N–H and O–H groups in total. The molecular weight excluding hydrogens is 216 g/mol. The standard InChI is InChI=1S/C13H12N2O2/c16-13(17)10-6-7-14-12(8-10)9-15-11-4-2-1-3-5-11/h1-8,15H,9H2,(H,16,17). The molecule has 0 aliphatic heterocycles. The Morgan fingerprint density at radius 3 is 2.71 bits per heavy atom. The van der Waals surface area contributed by atoms with Crippen LogP contribution in [-0.4, -0.2) is 16.1 Å². The van der Waals surface area contributed by atoms with E-state index in [0.717, 1.165) is 5.69 Å². The Balaban J connectivity index is 2.04. The second-order valence-corrected chi connectivity index (χ2v) is 3.56. The monoisotopic (exact) mass is 228 g/mol. The van der Waals surface area contributed by atoms with E-state index in [-0.39, 0.29) is 5.56 Å². The van der Waals surface area contributed by atoms with Crippen LogP contribution in [0, 0.1) is 0 Å². The number of para-hydroxylation sites is 1. The Morgan fingerprint density at radius 1 is 1.24 bits per heavy atom. The van der Waals surface area contributed by atoms with Crippen molar-refractivity contribution in [1.29, 1.82) is 0 Å². The molecule has 2 aromatic rings. The van der Waals surface area contributed by atoms with Gasteiger partial charge < -0.3 is 10.4 Å². The van der Waals surface area contributed by atoms with Crippen LogP contribution in [0.2, 0.25) is 0 Å². The molecule has 0 atom stereocenters. The second-order valence-electron chi connectivity index (χ2n) is 3.56. The van der Waals surface area contributed by atoms with Crippen molar-refractivity contribution in [2.24, 2.45) is 0 Å². The predicted molar refractivity (Wildman–Crippen MR) is 65.0 cm³/mol. The number of carboxylic acids is 1. The lowest BCUT2D eigenvalue weighted by Crippen LogP contribution is -2.04. The molecule has 0 unspecified atom stereocenters. The Morgan fingerprint density at radius 2 is 2.00 bits per heavy atom. The van der Waals surface area contributed by atoms with Crippen LogP contribution in [0.15, 0.2) is 48.7 Å². The third-order valence-electron chi connectivity index (χ3n) is 2.31. The molecule has 0 radical (unpaired) electrons. The summed E-state index contributed by atoms with van der Waals surface area (Å²) < 4.78 is 0. The number of aromatic carboxylic acids is 1. The van der Waals surface area contributed by atoms with Gasteiger partial charge in [0.2, 0.25) is 0 Å². The van der Waals surface area contributed by atoms with Gasteiger partial charge in [-0.25, -0.2) is 4.79 Å². The van der Waals surface area contributed by atoms with Crippen molar-refractivity contribution in [1.82, 2.24) is 4.98 Å². The number of rotatable bonds is 4. The van der Waals surface area contributed by atoms with Crippen molar-refractivity contribution in [2.75, 3.05) is 5.32 Å². The summed E-state index contributed by atoms with van der Waals surface area (Å²) in [4.78, 5) is 14.9. The number of benzene rings is 1. The quantitative estimate of drug-likeness (QED) is 0.843. The predicted octanol–water partition coefficient (Wildman–Crippen LogP) is 2.39. The van der Waals surface area contributed by atoms with Gasteiger partial charge in [0.15, 0.2) is 0 Å². The van der Waals surface area contributed by atoms with Crippen LogP contribution in [0.4, 0.5) is 5.69 Å². The highest BCUT2D eigenvalue weighted by atomic mass is 16.4. The van der Waals surface area contributed by atoms with Gasteiger partial charge in [-0.15, -0.1) is 0 Å².